The van der Waals surface area contributed by atoms with Crippen LogP contribution in [0.4, 0.5) is 5.69 Å². The highest BCUT2D eigenvalue weighted by molar-refractivity contribution is 7.10. The fraction of sp³-hybridized carbons (Fsp3) is 0.185. The first kappa shape index (κ1) is 21.5. The van der Waals surface area contributed by atoms with Gasteiger partial charge in [-0.3, -0.25) is 9.69 Å². The lowest BCUT2D eigenvalue weighted by Gasteiger charge is -2.32. The van der Waals surface area contributed by atoms with Crippen molar-refractivity contribution in [1.29, 1.82) is 0 Å². The summed E-state index contributed by atoms with van der Waals surface area (Å²) in [5.74, 6) is -0.117. The summed E-state index contributed by atoms with van der Waals surface area (Å²) in [5, 5.41) is 6.02. The Morgan fingerprint density at radius 2 is 1.73 bits per heavy atom. The van der Waals surface area contributed by atoms with Gasteiger partial charge in [0.15, 0.2) is 0 Å². The van der Waals surface area contributed by atoms with E-state index in [1.165, 1.54) is 5.56 Å². The van der Waals surface area contributed by atoms with Gasteiger partial charge in [0, 0.05) is 41.8 Å². The van der Waals surface area contributed by atoms with E-state index in [4.69, 9.17) is 9.72 Å². The lowest BCUT2D eigenvalue weighted by Crippen LogP contribution is -2.37. The molecule has 1 atom stereocenters. The Morgan fingerprint density at radius 3 is 2.48 bits per heavy atom. The lowest BCUT2D eigenvalue weighted by atomic mass is 10.1. The maximum absolute atomic E-state index is 12.3. The van der Waals surface area contributed by atoms with E-state index in [2.05, 4.69) is 39.9 Å². The Kier molecular flexibility index (Phi) is 6.58. The van der Waals surface area contributed by atoms with Crippen molar-refractivity contribution in [3.63, 3.8) is 0 Å². The molecule has 1 saturated heterocycles. The van der Waals surface area contributed by atoms with Crippen LogP contribution in [0.2, 0.25) is 0 Å². The molecule has 0 bridgehead atoms. The number of nitrogens with zero attached hydrogens (tertiary/aromatic N) is 2. The molecule has 1 aliphatic heterocycles. The number of morpholine rings is 1. The molecule has 1 amide bonds. The predicted octanol–water partition coefficient (Wildman–Crippen LogP) is 5.64. The first-order valence-electron chi connectivity index (χ1n) is 11.0. The van der Waals surface area contributed by atoms with Crippen LogP contribution in [-0.4, -0.2) is 35.5 Å². The van der Waals surface area contributed by atoms with E-state index in [9.17, 15) is 4.79 Å². The number of benzene rings is 3. The maximum atomic E-state index is 12.3. The van der Waals surface area contributed by atoms with Crippen LogP contribution in [0.25, 0.3) is 11.3 Å². The van der Waals surface area contributed by atoms with E-state index in [-0.39, 0.29) is 12.0 Å². The third-order valence-corrected chi connectivity index (χ3v) is 6.61. The molecule has 1 aromatic heterocycles. The standard InChI is InChI=1S/C27H25N3O2S/c31-26(22-9-5-2-6-10-22)28-23-13-11-21(12-14-23)24-19-33-27(29-24)25-18-30(15-16-32-25)17-20-7-3-1-4-8-20/h1-14,19,25H,15-18H2,(H,28,31). The first-order valence-corrected chi connectivity index (χ1v) is 11.9. The molecular weight excluding hydrogens is 430 g/mol. The van der Waals surface area contributed by atoms with E-state index >= 15 is 0 Å². The monoisotopic (exact) mass is 455 g/mol. The normalized spacial score (nSPS) is 16.4. The maximum Gasteiger partial charge on any atom is 0.255 e. The number of rotatable bonds is 6. The van der Waals surface area contributed by atoms with Crippen molar-refractivity contribution in [3.8, 4) is 11.3 Å². The first-order chi connectivity index (χ1) is 16.2. The summed E-state index contributed by atoms with van der Waals surface area (Å²) in [5.41, 5.74) is 4.67. The summed E-state index contributed by atoms with van der Waals surface area (Å²) < 4.78 is 6.04. The molecule has 0 radical (unpaired) electrons. The minimum Gasteiger partial charge on any atom is -0.368 e. The van der Waals surface area contributed by atoms with Gasteiger partial charge in [0.25, 0.3) is 5.91 Å². The number of thiazole rings is 1. The zero-order chi connectivity index (χ0) is 22.5. The van der Waals surface area contributed by atoms with Crippen LogP contribution in [0.1, 0.15) is 27.0 Å². The molecular formula is C27H25N3O2S. The molecule has 1 fully saturated rings. The van der Waals surface area contributed by atoms with Crippen molar-refractivity contribution in [1.82, 2.24) is 9.88 Å². The summed E-state index contributed by atoms with van der Waals surface area (Å²) >= 11 is 1.64. The van der Waals surface area contributed by atoms with E-state index in [1.807, 2.05) is 48.5 Å². The molecule has 0 saturated carbocycles. The molecule has 1 N–H and O–H groups in total. The molecule has 0 aliphatic carbocycles. The second kappa shape index (κ2) is 10.1. The van der Waals surface area contributed by atoms with Gasteiger partial charge in [-0.15, -0.1) is 11.3 Å². The van der Waals surface area contributed by atoms with Gasteiger partial charge < -0.3 is 10.1 Å². The van der Waals surface area contributed by atoms with Crippen LogP contribution in [0.15, 0.2) is 90.3 Å². The third kappa shape index (κ3) is 5.37. The highest BCUT2D eigenvalue weighted by Gasteiger charge is 2.24. The molecule has 1 aliphatic rings. The van der Waals surface area contributed by atoms with Crippen molar-refractivity contribution in [2.45, 2.75) is 12.6 Å². The number of nitrogens with one attached hydrogen (secondary N) is 1. The second-order valence-electron chi connectivity index (χ2n) is 8.05. The molecule has 166 valence electrons. The molecule has 0 spiro atoms. The average molecular weight is 456 g/mol. The number of aromatic nitrogens is 1. The van der Waals surface area contributed by atoms with Crippen LogP contribution in [0.5, 0.6) is 0 Å². The summed E-state index contributed by atoms with van der Waals surface area (Å²) in [6, 6.07) is 27.5. The zero-order valence-electron chi connectivity index (χ0n) is 18.2. The molecule has 33 heavy (non-hydrogen) atoms. The predicted molar refractivity (Wildman–Crippen MR) is 132 cm³/mol. The molecule has 2 heterocycles. The van der Waals surface area contributed by atoms with Crippen LogP contribution in [-0.2, 0) is 11.3 Å². The van der Waals surface area contributed by atoms with Crippen LogP contribution < -0.4 is 5.32 Å². The molecule has 3 aromatic carbocycles. The van der Waals surface area contributed by atoms with E-state index < -0.39 is 0 Å². The highest BCUT2D eigenvalue weighted by atomic mass is 32.1. The van der Waals surface area contributed by atoms with Gasteiger partial charge in [-0.2, -0.15) is 0 Å². The smallest absolute Gasteiger partial charge is 0.255 e. The Morgan fingerprint density at radius 1 is 1.00 bits per heavy atom. The molecule has 5 nitrogen and oxygen atoms in total. The van der Waals surface area contributed by atoms with Crippen molar-refractivity contribution < 1.29 is 9.53 Å². The minimum atomic E-state index is -0.117. The van der Waals surface area contributed by atoms with Gasteiger partial charge in [0.05, 0.1) is 12.3 Å². The Hall–Kier alpha value is -3.32. The van der Waals surface area contributed by atoms with Crippen LogP contribution in [0, 0.1) is 0 Å². The minimum absolute atomic E-state index is 0.00866. The summed E-state index contributed by atoms with van der Waals surface area (Å²) in [6.45, 7) is 3.41. The highest BCUT2D eigenvalue weighted by Crippen LogP contribution is 2.30. The van der Waals surface area contributed by atoms with Gasteiger partial charge in [-0.1, -0.05) is 60.7 Å². The second-order valence-corrected chi connectivity index (χ2v) is 8.94. The lowest BCUT2D eigenvalue weighted by molar-refractivity contribution is -0.0329. The number of hydrogen-bond acceptors (Lipinski definition) is 5. The Balaban J connectivity index is 1.22. The van der Waals surface area contributed by atoms with Crippen LogP contribution in [0.3, 0.4) is 0 Å². The molecule has 6 heteroatoms. The molecule has 1 unspecified atom stereocenters. The average Bonchev–Trinajstić information content (AvgIpc) is 3.36. The fourth-order valence-electron chi connectivity index (χ4n) is 3.92. The van der Waals surface area contributed by atoms with E-state index in [0.29, 0.717) is 12.2 Å². The number of hydrogen-bond donors (Lipinski definition) is 1. The largest absolute Gasteiger partial charge is 0.368 e. The number of carbonyl (C=O) groups is 1. The topological polar surface area (TPSA) is 54.5 Å². The quantitative estimate of drug-likeness (QED) is 0.409. The number of amides is 1. The summed E-state index contributed by atoms with van der Waals surface area (Å²) in [4.78, 5) is 19.6. The number of carbonyl (C=O) groups excluding carboxylic acids is 1. The van der Waals surface area contributed by atoms with Gasteiger partial charge in [0.2, 0.25) is 0 Å². The van der Waals surface area contributed by atoms with Gasteiger partial charge in [-0.25, -0.2) is 4.98 Å². The third-order valence-electron chi connectivity index (χ3n) is 5.67. The fourth-order valence-corrected chi connectivity index (χ4v) is 4.79. The number of anilines is 1. The molecule has 4 aromatic rings. The zero-order valence-corrected chi connectivity index (χ0v) is 19.0. The van der Waals surface area contributed by atoms with Crippen molar-refractivity contribution in [2.75, 3.05) is 25.0 Å². The SMILES string of the molecule is O=C(Nc1ccc(-c2csc(C3CN(Cc4ccccc4)CCO3)n2)cc1)c1ccccc1. The van der Waals surface area contributed by atoms with Crippen molar-refractivity contribution >= 4 is 22.9 Å². The van der Waals surface area contributed by atoms with E-state index in [1.54, 1.807) is 23.5 Å². The van der Waals surface area contributed by atoms with Crippen molar-refractivity contribution in [2.24, 2.45) is 0 Å². The molecule has 5 rings (SSSR count). The van der Waals surface area contributed by atoms with E-state index in [0.717, 1.165) is 41.6 Å². The van der Waals surface area contributed by atoms with Crippen molar-refractivity contribution in [3.05, 3.63) is 106 Å². The van der Waals surface area contributed by atoms with Gasteiger partial charge >= 0.3 is 0 Å². The summed E-state index contributed by atoms with van der Waals surface area (Å²) in [6.07, 6.45) is -0.00866. The van der Waals surface area contributed by atoms with Gasteiger partial charge in [0.1, 0.15) is 11.1 Å². The van der Waals surface area contributed by atoms with Crippen LogP contribution >= 0.6 is 11.3 Å². The summed E-state index contributed by atoms with van der Waals surface area (Å²) in [7, 11) is 0. The Labute approximate surface area is 197 Å². The van der Waals surface area contributed by atoms with Gasteiger partial charge in [-0.05, 0) is 29.8 Å². The number of ether oxygens (including phenoxy) is 1. The Bertz CT molecular complexity index is 1190.